The predicted molar refractivity (Wildman–Crippen MR) is 143 cm³/mol. The Balaban J connectivity index is 1.55. The number of rotatable bonds is 6. The molecule has 0 aliphatic rings. The van der Waals surface area contributed by atoms with Gasteiger partial charge in [-0.1, -0.05) is 48.5 Å². The molecule has 0 radical (unpaired) electrons. The standard InChI is InChI=1S/C29H22N2O4S/c1-34-20-14-15-23(25(32)17-20)22-12-5-6-13-24(22)27(33)31-29-26(19-10-7-11-21(36)16-19)30-28(35-29)18-8-3-2-4-9-18/h2-17,32,36H,1H3,(H,31,33). The van der Waals surface area contributed by atoms with Crippen molar-refractivity contribution in [2.24, 2.45) is 0 Å². The van der Waals surface area contributed by atoms with E-state index in [1.807, 2.05) is 54.6 Å². The number of oxazole rings is 1. The van der Waals surface area contributed by atoms with Crippen LogP contribution in [0.2, 0.25) is 0 Å². The summed E-state index contributed by atoms with van der Waals surface area (Å²) in [6, 6.07) is 28.9. The summed E-state index contributed by atoms with van der Waals surface area (Å²) in [7, 11) is 1.53. The Morgan fingerprint density at radius 1 is 0.889 bits per heavy atom. The third-order valence-electron chi connectivity index (χ3n) is 5.66. The van der Waals surface area contributed by atoms with Crippen LogP contribution < -0.4 is 10.1 Å². The molecule has 36 heavy (non-hydrogen) atoms. The fraction of sp³-hybridized carbons (Fsp3) is 0.0345. The van der Waals surface area contributed by atoms with Crippen molar-refractivity contribution >= 4 is 24.4 Å². The minimum absolute atomic E-state index is 0.00640. The molecular weight excluding hydrogens is 472 g/mol. The molecule has 5 aromatic rings. The van der Waals surface area contributed by atoms with Crippen molar-refractivity contribution in [2.45, 2.75) is 4.90 Å². The lowest BCUT2D eigenvalue weighted by Crippen LogP contribution is -2.13. The van der Waals surface area contributed by atoms with Crippen LogP contribution in [0.4, 0.5) is 5.88 Å². The van der Waals surface area contributed by atoms with E-state index in [1.54, 1.807) is 36.4 Å². The van der Waals surface area contributed by atoms with Crippen LogP contribution in [0.3, 0.4) is 0 Å². The van der Waals surface area contributed by atoms with Crippen molar-refractivity contribution in [3.8, 4) is 45.3 Å². The highest BCUT2D eigenvalue weighted by atomic mass is 32.1. The summed E-state index contributed by atoms with van der Waals surface area (Å²) in [6.07, 6.45) is 0. The first-order valence-electron chi connectivity index (χ1n) is 11.2. The quantitative estimate of drug-likeness (QED) is 0.223. The predicted octanol–water partition coefficient (Wildman–Crippen LogP) is 6.93. The smallest absolute Gasteiger partial charge is 0.258 e. The maximum absolute atomic E-state index is 13.5. The summed E-state index contributed by atoms with van der Waals surface area (Å²) in [6.45, 7) is 0. The minimum atomic E-state index is -0.403. The number of nitrogens with zero attached hydrogens (tertiary/aromatic N) is 1. The number of hydrogen-bond donors (Lipinski definition) is 3. The van der Waals surface area contributed by atoms with Gasteiger partial charge in [0.15, 0.2) is 0 Å². The molecule has 7 heteroatoms. The number of carbonyl (C=O) groups is 1. The minimum Gasteiger partial charge on any atom is -0.507 e. The Bertz CT molecular complexity index is 1550. The Morgan fingerprint density at radius 3 is 2.39 bits per heavy atom. The summed E-state index contributed by atoms with van der Waals surface area (Å²) in [4.78, 5) is 19.0. The van der Waals surface area contributed by atoms with Crippen molar-refractivity contribution in [3.63, 3.8) is 0 Å². The Morgan fingerprint density at radius 2 is 1.64 bits per heavy atom. The monoisotopic (exact) mass is 494 g/mol. The first kappa shape index (κ1) is 23.3. The topological polar surface area (TPSA) is 84.6 Å². The molecule has 0 fully saturated rings. The van der Waals surface area contributed by atoms with Crippen molar-refractivity contribution in [2.75, 3.05) is 12.4 Å². The lowest BCUT2D eigenvalue weighted by Gasteiger charge is -2.12. The van der Waals surface area contributed by atoms with Gasteiger partial charge < -0.3 is 14.3 Å². The summed E-state index contributed by atoms with van der Waals surface area (Å²) in [5, 5.41) is 13.5. The van der Waals surface area contributed by atoms with Gasteiger partial charge in [-0.15, -0.1) is 12.6 Å². The highest BCUT2D eigenvalue weighted by Crippen LogP contribution is 2.37. The number of thiol groups is 1. The number of benzene rings is 4. The van der Waals surface area contributed by atoms with Gasteiger partial charge in [0.1, 0.15) is 17.2 Å². The van der Waals surface area contributed by atoms with E-state index in [9.17, 15) is 9.90 Å². The van der Waals surface area contributed by atoms with E-state index in [1.165, 1.54) is 13.2 Å². The molecule has 5 rings (SSSR count). The van der Waals surface area contributed by atoms with Crippen LogP contribution in [0.25, 0.3) is 33.8 Å². The molecule has 0 spiro atoms. The maximum Gasteiger partial charge on any atom is 0.258 e. The van der Waals surface area contributed by atoms with Crippen LogP contribution in [-0.4, -0.2) is 23.1 Å². The number of anilines is 1. The van der Waals surface area contributed by atoms with Crippen LogP contribution in [0, 0.1) is 0 Å². The van der Waals surface area contributed by atoms with Gasteiger partial charge in [0.25, 0.3) is 5.91 Å². The van der Waals surface area contributed by atoms with Crippen LogP contribution in [0.1, 0.15) is 10.4 Å². The van der Waals surface area contributed by atoms with Crippen LogP contribution in [0.5, 0.6) is 11.5 Å². The van der Waals surface area contributed by atoms with E-state index in [-0.39, 0.29) is 11.6 Å². The number of phenols is 1. The first-order chi connectivity index (χ1) is 17.5. The number of aromatic hydroxyl groups is 1. The second-order valence-electron chi connectivity index (χ2n) is 8.00. The molecular formula is C29H22N2O4S. The van der Waals surface area contributed by atoms with E-state index < -0.39 is 5.91 Å². The van der Waals surface area contributed by atoms with Gasteiger partial charge in [-0.2, -0.15) is 0 Å². The van der Waals surface area contributed by atoms with E-state index >= 15 is 0 Å². The second-order valence-corrected chi connectivity index (χ2v) is 8.51. The van der Waals surface area contributed by atoms with Crippen molar-refractivity contribution in [3.05, 3.63) is 103 Å². The maximum atomic E-state index is 13.5. The van der Waals surface area contributed by atoms with Crippen molar-refractivity contribution < 1.29 is 19.1 Å². The summed E-state index contributed by atoms with van der Waals surface area (Å²) in [5.41, 5.74) is 3.46. The van der Waals surface area contributed by atoms with Gasteiger partial charge in [0.05, 0.1) is 7.11 Å². The molecule has 1 aromatic heterocycles. The average Bonchev–Trinajstić information content (AvgIpc) is 3.33. The van der Waals surface area contributed by atoms with Gasteiger partial charge in [0.2, 0.25) is 11.8 Å². The lowest BCUT2D eigenvalue weighted by atomic mass is 9.98. The van der Waals surface area contributed by atoms with E-state index in [0.29, 0.717) is 34.0 Å². The van der Waals surface area contributed by atoms with Crippen LogP contribution >= 0.6 is 12.6 Å². The highest BCUT2D eigenvalue weighted by molar-refractivity contribution is 7.80. The molecule has 0 saturated carbocycles. The van der Waals surface area contributed by atoms with E-state index in [0.717, 1.165) is 16.0 Å². The summed E-state index contributed by atoms with van der Waals surface area (Å²) in [5.74, 6) is 0.717. The van der Waals surface area contributed by atoms with Crippen molar-refractivity contribution in [1.29, 1.82) is 0 Å². The Kier molecular flexibility index (Phi) is 6.47. The number of ether oxygens (including phenoxy) is 1. The fourth-order valence-electron chi connectivity index (χ4n) is 3.91. The van der Waals surface area contributed by atoms with Gasteiger partial charge in [-0.25, -0.2) is 4.98 Å². The normalized spacial score (nSPS) is 10.7. The van der Waals surface area contributed by atoms with E-state index in [4.69, 9.17) is 9.15 Å². The van der Waals surface area contributed by atoms with Crippen molar-refractivity contribution in [1.82, 2.24) is 4.98 Å². The third kappa shape index (κ3) is 4.69. The largest absolute Gasteiger partial charge is 0.507 e. The molecule has 6 nitrogen and oxygen atoms in total. The Hall–Kier alpha value is -4.49. The molecule has 0 aliphatic heterocycles. The zero-order chi connectivity index (χ0) is 25.1. The van der Waals surface area contributed by atoms with Gasteiger partial charge in [-0.3, -0.25) is 10.1 Å². The summed E-state index contributed by atoms with van der Waals surface area (Å²) < 4.78 is 11.2. The number of nitrogens with one attached hydrogen (secondary N) is 1. The number of aromatic nitrogens is 1. The molecule has 2 N–H and O–H groups in total. The second kappa shape index (κ2) is 10.0. The molecule has 0 aliphatic carbocycles. The zero-order valence-corrected chi connectivity index (χ0v) is 20.2. The average molecular weight is 495 g/mol. The van der Waals surface area contributed by atoms with Crippen LogP contribution in [-0.2, 0) is 0 Å². The Labute approximate surface area is 213 Å². The molecule has 0 atom stereocenters. The molecule has 178 valence electrons. The van der Waals surface area contributed by atoms with Gasteiger partial charge in [-0.05, 0) is 48.0 Å². The number of methoxy groups -OCH3 is 1. The number of phenolic OH excluding ortho intramolecular Hbond substituents is 1. The lowest BCUT2D eigenvalue weighted by molar-refractivity contribution is 0.102. The molecule has 1 amide bonds. The molecule has 0 unspecified atom stereocenters. The number of hydrogen-bond acceptors (Lipinski definition) is 6. The first-order valence-corrected chi connectivity index (χ1v) is 11.6. The molecule has 0 saturated heterocycles. The van der Waals surface area contributed by atoms with Gasteiger partial charge >= 0.3 is 0 Å². The third-order valence-corrected chi connectivity index (χ3v) is 5.94. The van der Waals surface area contributed by atoms with Gasteiger partial charge in [0, 0.05) is 33.2 Å². The molecule has 0 bridgehead atoms. The summed E-state index contributed by atoms with van der Waals surface area (Å²) >= 11 is 4.44. The van der Waals surface area contributed by atoms with Crippen LogP contribution in [0.15, 0.2) is 106 Å². The zero-order valence-electron chi connectivity index (χ0n) is 19.3. The highest BCUT2D eigenvalue weighted by Gasteiger charge is 2.22. The van der Waals surface area contributed by atoms with E-state index in [2.05, 4.69) is 22.9 Å². The SMILES string of the molecule is COc1ccc(-c2ccccc2C(=O)Nc2oc(-c3ccccc3)nc2-c2cccc(S)c2)c(O)c1. The fourth-order valence-corrected chi connectivity index (χ4v) is 4.14. The number of amides is 1. The number of carbonyl (C=O) groups excluding carboxylic acids is 1. The molecule has 4 aromatic carbocycles. The molecule has 1 heterocycles.